The van der Waals surface area contributed by atoms with E-state index in [0.717, 1.165) is 23.4 Å². The highest BCUT2D eigenvalue weighted by Gasteiger charge is 2.38. The molecule has 1 aliphatic heterocycles. The molecule has 13 heavy (non-hydrogen) atoms. The van der Waals surface area contributed by atoms with Crippen LogP contribution in [0, 0.1) is 12.8 Å². The van der Waals surface area contributed by atoms with Gasteiger partial charge in [-0.2, -0.15) is 0 Å². The van der Waals surface area contributed by atoms with Gasteiger partial charge in [-0.05, 0) is 31.4 Å². The van der Waals surface area contributed by atoms with Crippen LogP contribution in [-0.4, -0.2) is 13.1 Å². The van der Waals surface area contributed by atoms with Crippen molar-refractivity contribution in [1.82, 2.24) is 5.32 Å². The molecular weight excluding hydrogens is 202 g/mol. The van der Waals surface area contributed by atoms with Crippen molar-refractivity contribution in [2.24, 2.45) is 5.92 Å². The Bertz CT molecular complexity index is 358. The Kier molecular flexibility index (Phi) is 1.73. The van der Waals surface area contributed by atoms with Crippen molar-refractivity contribution >= 4 is 22.9 Å². The molecular formula is C10H12ClNS. The van der Waals surface area contributed by atoms with Crippen LogP contribution in [0.2, 0.25) is 5.02 Å². The van der Waals surface area contributed by atoms with Crippen LogP contribution in [0.1, 0.15) is 21.2 Å². The highest BCUT2D eigenvalue weighted by atomic mass is 35.5. The molecule has 0 spiro atoms. The van der Waals surface area contributed by atoms with Crippen LogP contribution in [0.5, 0.6) is 0 Å². The van der Waals surface area contributed by atoms with Crippen LogP contribution in [0.3, 0.4) is 0 Å². The molecule has 2 atom stereocenters. The summed E-state index contributed by atoms with van der Waals surface area (Å²) in [6.07, 6.45) is 1.20. The standard InChI is InChI=1S/C10H12ClNS/c1-5-9(11)7-2-6-3-12-4-8(6)10(7)13-5/h6,8,12H,2-4H2,1H3. The van der Waals surface area contributed by atoms with Crippen molar-refractivity contribution in [2.45, 2.75) is 19.3 Å². The summed E-state index contributed by atoms with van der Waals surface area (Å²) in [4.78, 5) is 2.87. The van der Waals surface area contributed by atoms with Gasteiger partial charge in [0, 0.05) is 22.2 Å². The van der Waals surface area contributed by atoms with Gasteiger partial charge in [-0.25, -0.2) is 0 Å². The molecule has 1 saturated heterocycles. The lowest BCUT2D eigenvalue weighted by molar-refractivity contribution is 0.567. The first-order valence-electron chi connectivity index (χ1n) is 4.75. The average Bonchev–Trinajstić information content (AvgIpc) is 2.70. The maximum absolute atomic E-state index is 6.26. The van der Waals surface area contributed by atoms with E-state index < -0.39 is 0 Å². The maximum Gasteiger partial charge on any atom is 0.0577 e. The van der Waals surface area contributed by atoms with E-state index in [4.69, 9.17) is 11.6 Å². The molecule has 1 nitrogen and oxygen atoms in total. The van der Waals surface area contributed by atoms with Crippen LogP contribution in [0.15, 0.2) is 0 Å². The predicted molar refractivity (Wildman–Crippen MR) is 56.9 cm³/mol. The van der Waals surface area contributed by atoms with Gasteiger partial charge in [-0.1, -0.05) is 11.6 Å². The Morgan fingerprint density at radius 3 is 3.15 bits per heavy atom. The normalized spacial score (nSPS) is 30.6. The van der Waals surface area contributed by atoms with Crippen molar-refractivity contribution < 1.29 is 0 Å². The van der Waals surface area contributed by atoms with Gasteiger partial charge in [-0.15, -0.1) is 11.3 Å². The van der Waals surface area contributed by atoms with Crippen molar-refractivity contribution in [3.8, 4) is 0 Å². The summed E-state index contributed by atoms with van der Waals surface area (Å²) in [6.45, 7) is 4.47. The van der Waals surface area contributed by atoms with Gasteiger partial charge < -0.3 is 5.32 Å². The molecule has 1 aliphatic carbocycles. The van der Waals surface area contributed by atoms with Gasteiger partial charge in [0.25, 0.3) is 0 Å². The molecule has 0 aromatic carbocycles. The first kappa shape index (κ1) is 8.27. The summed E-state index contributed by atoms with van der Waals surface area (Å²) >= 11 is 8.16. The molecule has 1 aromatic heterocycles. The second-order valence-corrected chi connectivity index (χ2v) is 5.68. The van der Waals surface area contributed by atoms with Gasteiger partial charge in [0.05, 0.1) is 5.02 Å². The van der Waals surface area contributed by atoms with Crippen LogP contribution in [0.25, 0.3) is 0 Å². The minimum atomic E-state index is 0.770. The van der Waals surface area contributed by atoms with E-state index in [9.17, 15) is 0 Å². The first-order valence-corrected chi connectivity index (χ1v) is 5.95. The zero-order chi connectivity index (χ0) is 9.00. The second-order valence-electron chi connectivity index (χ2n) is 4.04. The van der Waals surface area contributed by atoms with E-state index in [2.05, 4.69) is 12.2 Å². The zero-order valence-electron chi connectivity index (χ0n) is 7.56. The van der Waals surface area contributed by atoms with E-state index >= 15 is 0 Å². The predicted octanol–water partition coefficient (Wildman–Crippen LogP) is 2.57. The Balaban J connectivity index is 2.11. The van der Waals surface area contributed by atoms with Crippen LogP contribution in [0.4, 0.5) is 0 Å². The van der Waals surface area contributed by atoms with Crippen LogP contribution < -0.4 is 5.32 Å². The third-order valence-corrected chi connectivity index (χ3v) is 5.18. The molecule has 1 aromatic rings. The lowest BCUT2D eigenvalue weighted by atomic mass is 10.0. The number of hydrogen-bond acceptors (Lipinski definition) is 2. The highest BCUT2D eigenvalue weighted by Crippen LogP contribution is 2.48. The summed E-state index contributed by atoms with van der Waals surface area (Å²) < 4.78 is 0. The van der Waals surface area contributed by atoms with Gasteiger partial charge in [0.15, 0.2) is 0 Å². The largest absolute Gasteiger partial charge is 0.316 e. The molecule has 1 N–H and O–H groups in total. The van der Waals surface area contributed by atoms with E-state index in [1.165, 1.54) is 23.4 Å². The van der Waals surface area contributed by atoms with Crippen molar-refractivity contribution in [3.05, 3.63) is 20.3 Å². The molecule has 0 amide bonds. The minimum absolute atomic E-state index is 0.770. The number of rotatable bonds is 0. The molecule has 3 rings (SSSR count). The summed E-state index contributed by atoms with van der Waals surface area (Å²) in [5, 5.41) is 4.51. The molecule has 0 bridgehead atoms. The van der Waals surface area contributed by atoms with Gasteiger partial charge in [0.1, 0.15) is 0 Å². The number of halogens is 1. The second kappa shape index (κ2) is 2.72. The Morgan fingerprint density at radius 2 is 2.31 bits per heavy atom. The van der Waals surface area contributed by atoms with E-state index in [-0.39, 0.29) is 0 Å². The van der Waals surface area contributed by atoms with Crippen LogP contribution in [-0.2, 0) is 6.42 Å². The first-order chi connectivity index (χ1) is 6.27. The SMILES string of the molecule is Cc1sc2c(c1Cl)CC1CNCC21. The monoisotopic (exact) mass is 213 g/mol. The minimum Gasteiger partial charge on any atom is -0.316 e. The summed E-state index contributed by atoms with van der Waals surface area (Å²) in [5.74, 6) is 1.60. The number of thiophene rings is 1. The highest BCUT2D eigenvalue weighted by molar-refractivity contribution is 7.12. The van der Waals surface area contributed by atoms with E-state index in [1.54, 1.807) is 4.88 Å². The Hall–Kier alpha value is -0.0500. The molecule has 2 unspecified atom stereocenters. The van der Waals surface area contributed by atoms with E-state index in [0.29, 0.717) is 0 Å². The maximum atomic E-state index is 6.26. The molecule has 1 fully saturated rings. The molecule has 0 saturated carbocycles. The molecule has 3 heteroatoms. The van der Waals surface area contributed by atoms with E-state index in [1.807, 2.05) is 11.3 Å². The quantitative estimate of drug-likeness (QED) is 0.699. The lowest BCUT2D eigenvalue weighted by Gasteiger charge is -2.06. The van der Waals surface area contributed by atoms with Gasteiger partial charge in [-0.3, -0.25) is 0 Å². The van der Waals surface area contributed by atoms with Crippen LogP contribution >= 0.6 is 22.9 Å². The van der Waals surface area contributed by atoms with Gasteiger partial charge in [0.2, 0.25) is 0 Å². The Labute approximate surface area is 87.1 Å². The molecule has 70 valence electrons. The fourth-order valence-electron chi connectivity index (χ4n) is 2.60. The lowest BCUT2D eigenvalue weighted by Crippen LogP contribution is -2.10. The summed E-state index contributed by atoms with van der Waals surface area (Å²) in [5.41, 5.74) is 1.46. The molecule has 2 heterocycles. The Morgan fingerprint density at radius 1 is 1.46 bits per heavy atom. The van der Waals surface area contributed by atoms with Gasteiger partial charge >= 0.3 is 0 Å². The van der Waals surface area contributed by atoms with Crippen molar-refractivity contribution in [3.63, 3.8) is 0 Å². The summed E-state index contributed by atoms with van der Waals surface area (Å²) in [7, 11) is 0. The fourth-order valence-corrected chi connectivity index (χ4v) is 4.23. The third-order valence-electron chi connectivity index (χ3n) is 3.28. The number of hydrogen-bond donors (Lipinski definition) is 1. The van der Waals surface area contributed by atoms with Crippen molar-refractivity contribution in [1.29, 1.82) is 0 Å². The third kappa shape index (κ3) is 1.03. The summed E-state index contributed by atoms with van der Waals surface area (Å²) in [6, 6.07) is 0. The smallest absolute Gasteiger partial charge is 0.0577 e. The number of aryl methyl sites for hydroxylation is 1. The number of nitrogens with one attached hydrogen (secondary N) is 1. The molecule has 0 radical (unpaired) electrons. The number of fused-ring (bicyclic) bond motifs is 3. The zero-order valence-corrected chi connectivity index (χ0v) is 9.13. The average molecular weight is 214 g/mol. The fraction of sp³-hybridized carbons (Fsp3) is 0.600. The van der Waals surface area contributed by atoms with Crippen molar-refractivity contribution in [2.75, 3.05) is 13.1 Å². The topological polar surface area (TPSA) is 12.0 Å². The molecule has 2 aliphatic rings.